The van der Waals surface area contributed by atoms with Crippen molar-refractivity contribution in [2.24, 2.45) is 0 Å². The van der Waals surface area contributed by atoms with Crippen LogP contribution in [-0.2, 0) is 21.4 Å². The molecule has 35 heavy (non-hydrogen) atoms. The van der Waals surface area contributed by atoms with Crippen LogP contribution in [0.15, 0.2) is 71.6 Å². The molecule has 0 aromatic heterocycles. The SMILES string of the molecule is COc1ccc(S(=O)(=O)N2CCOCC2)cc1NC(=O)c1cccc(OCc2ccccc2Cl)c1. The Morgan fingerprint density at radius 2 is 1.83 bits per heavy atom. The van der Waals surface area contributed by atoms with E-state index in [1.807, 2.05) is 18.2 Å². The molecule has 0 atom stereocenters. The van der Waals surface area contributed by atoms with Gasteiger partial charge in [0.15, 0.2) is 0 Å². The van der Waals surface area contributed by atoms with E-state index in [1.54, 1.807) is 30.3 Å². The zero-order valence-electron chi connectivity index (χ0n) is 19.1. The number of rotatable bonds is 8. The molecule has 0 bridgehead atoms. The quantitative estimate of drug-likeness (QED) is 0.482. The molecule has 184 valence electrons. The molecule has 8 nitrogen and oxygen atoms in total. The highest BCUT2D eigenvalue weighted by atomic mass is 35.5. The summed E-state index contributed by atoms with van der Waals surface area (Å²) in [6.45, 7) is 1.48. The summed E-state index contributed by atoms with van der Waals surface area (Å²) in [5, 5.41) is 3.35. The van der Waals surface area contributed by atoms with Gasteiger partial charge >= 0.3 is 0 Å². The van der Waals surface area contributed by atoms with Crippen molar-refractivity contribution >= 4 is 33.2 Å². The lowest BCUT2D eigenvalue weighted by Gasteiger charge is -2.26. The van der Waals surface area contributed by atoms with Crippen LogP contribution in [0.1, 0.15) is 15.9 Å². The second-order valence-corrected chi connectivity index (χ2v) is 10.1. The van der Waals surface area contributed by atoms with Crippen molar-refractivity contribution in [2.45, 2.75) is 11.5 Å². The van der Waals surface area contributed by atoms with Crippen molar-refractivity contribution in [1.82, 2.24) is 4.31 Å². The Labute approximate surface area is 209 Å². The molecule has 1 saturated heterocycles. The third kappa shape index (κ3) is 5.94. The number of benzene rings is 3. The van der Waals surface area contributed by atoms with E-state index in [2.05, 4.69) is 5.32 Å². The molecule has 1 amide bonds. The number of methoxy groups -OCH3 is 1. The summed E-state index contributed by atoms with van der Waals surface area (Å²) in [7, 11) is -2.29. The molecule has 0 spiro atoms. The number of hydrogen-bond donors (Lipinski definition) is 1. The van der Waals surface area contributed by atoms with Gasteiger partial charge < -0.3 is 19.5 Å². The summed E-state index contributed by atoms with van der Waals surface area (Å²) in [6, 6.07) is 18.4. The summed E-state index contributed by atoms with van der Waals surface area (Å²) in [5.41, 5.74) is 1.41. The van der Waals surface area contributed by atoms with Crippen molar-refractivity contribution in [3.63, 3.8) is 0 Å². The summed E-state index contributed by atoms with van der Waals surface area (Å²) in [4.78, 5) is 13.1. The maximum absolute atomic E-state index is 13.0. The van der Waals surface area contributed by atoms with Gasteiger partial charge in [0, 0.05) is 29.2 Å². The highest BCUT2D eigenvalue weighted by molar-refractivity contribution is 7.89. The van der Waals surface area contributed by atoms with E-state index in [9.17, 15) is 13.2 Å². The number of hydrogen-bond acceptors (Lipinski definition) is 6. The molecule has 0 aliphatic carbocycles. The largest absolute Gasteiger partial charge is 0.495 e. The standard InChI is InChI=1S/C25H25ClN2O6S/c1-32-24-10-9-21(35(30,31)28-11-13-33-14-12-28)16-23(24)27-25(29)18-6-4-7-20(15-18)34-17-19-5-2-3-8-22(19)26/h2-10,15-16H,11-14,17H2,1H3,(H,27,29). The first-order chi connectivity index (χ1) is 16.9. The minimum Gasteiger partial charge on any atom is -0.495 e. The van der Waals surface area contributed by atoms with Crippen LogP contribution >= 0.6 is 11.6 Å². The number of nitrogens with zero attached hydrogens (tertiary/aromatic N) is 1. The average molecular weight is 517 g/mol. The van der Waals surface area contributed by atoms with Gasteiger partial charge in [-0.1, -0.05) is 35.9 Å². The normalized spacial score (nSPS) is 14.3. The number of ether oxygens (including phenoxy) is 3. The number of sulfonamides is 1. The molecular formula is C25H25ClN2O6S. The van der Waals surface area contributed by atoms with Crippen LogP contribution in [0.5, 0.6) is 11.5 Å². The van der Waals surface area contributed by atoms with E-state index in [-0.39, 0.29) is 30.3 Å². The molecule has 0 radical (unpaired) electrons. The Bertz CT molecular complexity index is 1310. The molecule has 3 aromatic carbocycles. The molecule has 1 N–H and O–H groups in total. The maximum Gasteiger partial charge on any atom is 0.255 e. The smallest absolute Gasteiger partial charge is 0.255 e. The second kappa shape index (κ2) is 11.1. The number of halogens is 1. The number of amides is 1. The summed E-state index contributed by atoms with van der Waals surface area (Å²) in [5.74, 6) is 0.394. The molecule has 1 heterocycles. The molecule has 1 aliphatic rings. The highest BCUT2D eigenvalue weighted by Gasteiger charge is 2.27. The minimum atomic E-state index is -3.74. The van der Waals surface area contributed by atoms with Gasteiger partial charge in [0.1, 0.15) is 18.1 Å². The summed E-state index contributed by atoms with van der Waals surface area (Å²) < 4.78 is 43.8. The second-order valence-electron chi connectivity index (χ2n) is 7.74. The Kier molecular flexibility index (Phi) is 7.92. The van der Waals surface area contributed by atoms with Crippen molar-refractivity contribution in [3.05, 3.63) is 82.9 Å². The molecule has 10 heteroatoms. The Morgan fingerprint density at radius 3 is 2.57 bits per heavy atom. The van der Waals surface area contributed by atoms with Gasteiger partial charge in [0.05, 0.1) is 30.9 Å². The molecular weight excluding hydrogens is 492 g/mol. The van der Waals surface area contributed by atoms with Crippen LogP contribution in [-0.4, -0.2) is 52.0 Å². The molecule has 4 rings (SSSR count). The zero-order chi connectivity index (χ0) is 24.8. The fraction of sp³-hybridized carbons (Fsp3) is 0.240. The van der Waals surface area contributed by atoms with E-state index in [0.29, 0.717) is 35.3 Å². The number of morpholine rings is 1. The minimum absolute atomic E-state index is 0.0623. The van der Waals surface area contributed by atoms with Gasteiger partial charge in [-0.25, -0.2) is 8.42 Å². The van der Waals surface area contributed by atoms with Gasteiger partial charge in [-0.15, -0.1) is 0 Å². The zero-order valence-corrected chi connectivity index (χ0v) is 20.6. The van der Waals surface area contributed by atoms with Gasteiger partial charge in [-0.2, -0.15) is 4.31 Å². The van der Waals surface area contributed by atoms with E-state index in [0.717, 1.165) is 5.56 Å². The molecule has 1 aliphatic heterocycles. The first-order valence-corrected chi connectivity index (χ1v) is 12.7. The van der Waals surface area contributed by atoms with E-state index < -0.39 is 15.9 Å². The predicted octanol–water partition coefficient (Wildman–Crippen LogP) is 4.20. The Morgan fingerprint density at radius 1 is 1.06 bits per heavy atom. The van der Waals surface area contributed by atoms with Crippen LogP contribution in [0.2, 0.25) is 5.02 Å². The Balaban J connectivity index is 1.51. The fourth-order valence-corrected chi connectivity index (χ4v) is 5.20. The van der Waals surface area contributed by atoms with Crippen molar-refractivity contribution in [3.8, 4) is 11.5 Å². The predicted molar refractivity (Wildman–Crippen MR) is 133 cm³/mol. The summed E-state index contributed by atoms with van der Waals surface area (Å²) >= 11 is 6.18. The van der Waals surface area contributed by atoms with E-state index in [1.165, 1.54) is 29.6 Å². The van der Waals surface area contributed by atoms with Crippen molar-refractivity contribution < 1.29 is 27.4 Å². The van der Waals surface area contributed by atoms with Crippen molar-refractivity contribution in [2.75, 3.05) is 38.7 Å². The van der Waals surface area contributed by atoms with Gasteiger partial charge in [0.2, 0.25) is 10.0 Å². The molecule has 1 fully saturated rings. The average Bonchev–Trinajstić information content (AvgIpc) is 2.89. The summed E-state index contributed by atoms with van der Waals surface area (Å²) in [6.07, 6.45) is 0. The van der Waals surface area contributed by atoms with E-state index in [4.69, 9.17) is 25.8 Å². The first kappa shape index (κ1) is 25.0. The number of nitrogens with one attached hydrogen (secondary N) is 1. The molecule has 3 aromatic rings. The van der Waals surface area contributed by atoms with Crippen LogP contribution in [0.3, 0.4) is 0 Å². The van der Waals surface area contributed by atoms with Gasteiger partial charge in [-0.05, 0) is 42.5 Å². The molecule has 0 saturated carbocycles. The lowest BCUT2D eigenvalue weighted by Crippen LogP contribution is -2.40. The maximum atomic E-state index is 13.0. The van der Waals surface area contributed by atoms with Crippen LogP contribution in [0.4, 0.5) is 5.69 Å². The Hall–Kier alpha value is -3.11. The van der Waals surface area contributed by atoms with Gasteiger partial charge in [0.25, 0.3) is 5.91 Å². The van der Waals surface area contributed by atoms with Crippen LogP contribution in [0, 0.1) is 0 Å². The number of anilines is 1. The lowest BCUT2D eigenvalue weighted by molar-refractivity contribution is 0.0730. The topological polar surface area (TPSA) is 94.2 Å². The lowest BCUT2D eigenvalue weighted by atomic mass is 10.2. The first-order valence-electron chi connectivity index (χ1n) is 10.9. The molecule has 0 unspecified atom stereocenters. The van der Waals surface area contributed by atoms with Crippen LogP contribution in [0.25, 0.3) is 0 Å². The van der Waals surface area contributed by atoms with Gasteiger partial charge in [-0.3, -0.25) is 4.79 Å². The third-order valence-electron chi connectivity index (χ3n) is 5.48. The van der Waals surface area contributed by atoms with E-state index >= 15 is 0 Å². The number of carbonyl (C=O) groups is 1. The van der Waals surface area contributed by atoms with Crippen LogP contribution < -0.4 is 14.8 Å². The number of carbonyl (C=O) groups excluding carboxylic acids is 1. The van der Waals surface area contributed by atoms with Crippen molar-refractivity contribution in [1.29, 1.82) is 0 Å². The third-order valence-corrected chi connectivity index (χ3v) is 7.74. The highest BCUT2D eigenvalue weighted by Crippen LogP contribution is 2.30. The monoisotopic (exact) mass is 516 g/mol. The fourth-order valence-electron chi connectivity index (χ4n) is 3.58.